The average molecular weight is 713 g/mol. The molecule has 1 aliphatic heterocycles. The first-order chi connectivity index (χ1) is 25.7. The largest absolute Gasteiger partial charge is 0.508 e. The number of phenolic OH excluding ortho intramolecular Hbond substituents is 1. The van der Waals surface area contributed by atoms with E-state index >= 15 is 0 Å². The van der Waals surface area contributed by atoms with Crippen molar-refractivity contribution in [3.05, 3.63) is 137 Å². The minimum absolute atomic E-state index is 0.0170. The fraction of sp³-hybridized carbons (Fsp3) is 0.220. The van der Waals surface area contributed by atoms with Gasteiger partial charge in [0.1, 0.15) is 23.9 Å². The summed E-state index contributed by atoms with van der Waals surface area (Å²) >= 11 is 0. The number of carboxylic acids is 1. The summed E-state index contributed by atoms with van der Waals surface area (Å²) in [4.78, 5) is 61.0. The van der Waals surface area contributed by atoms with E-state index in [1.54, 1.807) is 18.3 Å². The molecule has 12 nitrogen and oxygen atoms in total. The summed E-state index contributed by atoms with van der Waals surface area (Å²) in [7, 11) is 0. The lowest BCUT2D eigenvalue weighted by atomic mass is 9.97. The monoisotopic (exact) mass is 712 g/mol. The van der Waals surface area contributed by atoms with Crippen molar-refractivity contribution in [2.24, 2.45) is 0 Å². The van der Waals surface area contributed by atoms with Gasteiger partial charge in [-0.1, -0.05) is 78.9 Å². The minimum Gasteiger partial charge on any atom is -0.508 e. The maximum absolute atomic E-state index is 14.2. The first kappa shape index (κ1) is 35.0. The first-order valence-electron chi connectivity index (χ1n) is 17.5. The number of aromatic nitrogens is 2. The maximum Gasteiger partial charge on any atom is 0.326 e. The van der Waals surface area contributed by atoms with E-state index in [-0.39, 0.29) is 30.9 Å². The molecule has 1 aliphatic rings. The van der Waals surface area contributed by atoms with Gasteiger partial charge in [0.2, 0.25) is 17.7 Å². The second-order valence-corrected chi connectivity index (χ2v) is 13.4. The smallest absolute Gasteiger partial charge is 0.326 e. The third-order valence-electron chi connectivity index (χ3n) is 9.79. The number of nitrogens with one attached hydrogen (secondary N) is 6. The van der Waals surface area contributed by atoms with Crippen molar-refractivity contribution in [1.29, 1.82) is 0 Å². The van der Waals surface area contributed by atoms with Crippen LogP contribution in [0.5, 0.6) is 5.75 Å². The zero-order chi connectivity index (χ0) is 36.9. The number of phenols is 1. The number of fused-ring (bicyclic) bond motifs is 4. The summed E-state index contributed by atoms with van der Waals surface area (Å²) in [5, 5.41) is 33.6. The van der Waals surface area contributed by atoms with Gasteiger partial charge in [-0.2, -0.15) is 0 Å². The van der Waals surface area contributed by atoms with Gasteiger partial charge >= 0.3 is 5.97 Å². The van der Waals surface area contributed by atoms with E-state index < -0.39 is 42.0 Å². The van der Waals surface area contributed by atoms with Gasteiger partial charge in [-0.25, -0.2) is 4.79 Å². The molecule has 8 N–H and O–H groups in total. The summed E-state index contributed by atoms with van der Waals surface area (Å²) in [6, 6.07) is 26.6. The van der Waals surface area contributed by atoms with Crippen LogP contribution in [0, 0.1) is 0 Å². The third-order valence-corrected chi connectivity index (χ3v) is 9.79. The Balaban J connectivity index is 1.11. The maximum atomic E-state index is 14.2. The second-order valence-electron chi connectivity index (χ2n) is 13.4. The highest BCUT2D eigenvalue weighted by Crippen LogP contribution is 2.27. The molecule has 0 fully saturated rings. The van der Waals surface area contributed by atoms with E-state index in [4.69, 9.17) is 0 Å². The lowest BCUT2D eigenvalue weighted by molar-refractivity contribution is -0.142. The van der Waals surface area contributed by atoms with Crippen molar-refractivity contribution < 1.29 is 29.4 Å². The predicted molar refractivity (Wildman–Crippen MR) is 200 cm³/mol. The van der Waals surface area contributed by atoms with Crippen molar-refractivity contribution in [3.63, 3.8) is 0 Å². The molecule has 2 aromatic heterocycles. The van der Waals surface area contributed by atoms with Gasteiger partial charge in [0.15, 0.2) is 0 Å². The molecule has 12 heteroatoms. The summed E-state index contributed by atoms with van der Waals surface area (Å²) in [5.74, 6) is -2.84. The zero-order valence-corrected chi connectivity index (χ0v) is 28.8. The Labute approximate surface area is 305 Å². The number of carboxylic acid groups (broad SMARTS) is 1. The SMILES string of the molecule is O=C(O)[C@H](Cc1c[nH]c2ccccc12)NC(=O)[C@H](Cc1ccccc1)NC(=O)[C@H](Cc1ccc(O)cc1)NC(=O)[C@@H]1Cc2c([nH]c3ccccc23)CN1. The number of aromatic amines is 2. The van der Waals surface area contributed by atoms with Gasteiger partial charge in [0, 0.05) is 59.5 Å². The van der Waals surface area contributed by atoms with Gasteiger partial charge in [-0.3, -0.25) is 19.7 Å². The van der Waals surface area contributed by atoms with E-state index in [0.717, 1.165) is 44.2 Å². The molecule has 6 aromatic rings. The Hall–Kier alpha value is -6.40. The Morgan fingerprint density at radius 1 is 0.679 bits per heavy atom. The number of hydrogen-bond donors (Lipinski definition) is 8. The van der Waals surface area contributed by atoms with Crippen LogP contribution in [0.3, 0.4) is 0 Å². The molecule has 3 amide bonds. The van der Waals surface area contributed by atoms with Gasteiger partial charge < -0.3 is 36.1 Å². The van der Waals surface area contributed by atoms with Crippen molar-refractivity contribution >= 4 is 45.5 Å². The lowest BCUT2D eigenvalue weighted by Crippen LogP contribution is -2.59. The topological polar surface area (TPSA) is 188 Å². The number of benzene rings is 4. The van der Waals surface area contributed by atoms with Crippen LogP contribution in [0.1, 0.15) is 27.9 Å². The normalized spacial score (nSPS) is 15.6. The van der Waals surface area contributed by atoms with Crippen LogP contribution in [-0.4, -0.2) is 68.0 Å². The molecule has 0 unspecified atom stereocenters. The number of aliphatic carboxylic acids is 1. The molecule has 53 heavy (non-hydrogen) atoms. The van der Waals surface area contributed by atoms with E-state index in [2.05, 4.69) is 31.2 Å². The number of amides is 3. The van der Waals surface area contributed by atoms with Crippen molar-refractivity contribution in [3.8, 4) is 5.75 Å². The summed E-state index contributed by atoms with van der Waals surface area (Å²) in [5.41, 5.74) is 6.03. The van der Waals surface area contributed by atoms with Crippen molar-refractivity contribution in [2.45, 2.75) is 56.4 Å². The molecular formula is C41H40N6O6. The molecule has 0 spiro atoms. The molecule has 0 saturated carbocycles. The number of para-hydroxylation sites is 2. The number of rotatable bonds is 13. The molecule has 4 aromatic carbocycles. The van der Waals surface area contributed by atoms with Crippen molar-refractivity contribution in [2.75, 3.05) is 0 Å². The van der Waals surface area contributed by atoms with Crippen LogP contribution >= 0.6 is 0 Å². The molecule has 3 heterocycles. The number of carbonyl (C=O) groups is 4. The van der Waals surface area contributed by atoms with Gasteiger partial charge in [0.05, 0.1) is 6.04 Å². The fourth-order valence-corrected chi connectivity index (χ4v) is 7.00. The van der Waals surface area contributed by atoms with Crippen LogP contribution in [0.15, 0.2) is 109 Å². The van der Waals surface area contributed by atoms with Crippen molar-refractivity contribution in [1.82, 2.24) is 31.2 Å². The second kappa shape index (κ2) is 15.5. The Morgan fingerprint density at radius 3 is 2.00 bits per heavy atom. The number of carbonyl (C=O) groups excluding carboxylic acids is 3. The zero-order valence-electron chi connectivity index (χ0n) is 28.8. The number of H-pyrrole nitrogens is 2. The number of hydrogen-bond acceptors (Lipinski definition) is 6. The van der Waals surface area contributed by atoms with E-state index in [1.165, 1.54) is 12.1 Å². The van der Waals surface area contributed by atoms with Gasteiger partial charge in [-0.05, 0) is 52.9 Å². The van der Waals surface area contributed by atoms with Crippen LogP contribution in [0.2, 0.25) is 0 Å². The van der Waals surface area contributed by atoms with E-state index in [9.17, 15) is 29.4 Å². The molecule has 0 aliphatic carbocycles. The Bertz CT molecular complexity index is 2260. The van der Waals surface area contributed by atoms with Crippen LogP contribution in [0.25, 0.3) is 21.8 Å². The fourth-order valence-electron chi connectivity index (χ4n) is 7.00. The average Bonchev–Trinajstić information content (AvgIpc) is 3.76. The molecule has 270 valence electrons. The summed E-state index contributed by atoms with van der Waals surface area (Å²) in [6.45, 7) is 0.444. The molecule has 0 saturated heterocycles. The highest BCUT2D eigenvalue weighted by atomic mass is 16.4. The predicted octanol–water partition coefficient (Wildman–Crippen LogP) is 3.64. The molecular weight excluding hydrogens is 672 g/mol. The summed E-state index contributed by atoms with van der Waals surface area (Å²) in [6.07, 6.45) is 2.30. The standard InChI is InChI=1S/C41H40N6O6/c48-27-16-14-25(15-17-27)19-35(45-38(49)33-21-30-29-11-5-7-13-32(29)44-37(30)23-43-33)39(50)46-34(18-24-8-2-1-3-9-24)40(51)47-36(41(52)53)20-26-22-42-31-12-6-4-10-28(26)31/h1-17,22,33-36,42-44,48H,18-21,23H2,(H,45,49)(H,46,50)(H,47,51)(H,52,53)/t33-,34-,35-,36-/m0/s1. The van der Waals surface area contributed by atoms with Crippen LogP contribution in [-0.2, 0) is 51.4 Å². The van der Waals surface area contributed by atoms with E-state index in [0.29, 0.717) is 18.5 Å². The molecule has 4 atom stereocenters. The molecule has 7 rings (SSSR count). The van der Waals surface area contributed by atoms with Gasteiger partial charge in [-0.15, -0.1) is 0 Å². The lowest BCUT2D eigenvalue weighted by Gasteiger charge is -2.28. The van der Waals surface area contributed by atoms with Crippen LogP contribution < -0.4 is 21.3 Å². The highest BCUT2D eigenvalue weighted by molar-refractivity contribution is 5.95. The van der Waals surface area contributed by atoms with Gasteiger partial charge in [0.25, 0.3) is 0 Å². The minimum atomic E-state index is -1.28. The quantitative estimate of drug-likeness (QED) is 0.0898. The Kier molecular flexibility index (Phi) is 10.2. The Morgan fingerprint density at radius 2 is 1.28 bits per heavy atom. The van der Waals surface area contributed by atoms with E-state index in [1.807, 2.05) is 78.9 Å². The molecule has 0 radical (unpaired) electrons. The summed E-state index contributed by atoms with van der Waals surface area (Å²) < 4.78 is 0. The first-order valence-corrected chi connectivity index (χ1v) is 17.5. The highest BCUT2D eigenvalue weighted by Gasteiger charge is 2.33. The molecule has 0 bridgehead atoms. The third kappa shape index (κ3) is 8.08. The number of aromatic hydroxyl groups is 1. The van der Waals surface area contributed by atoms with Crippen LogP contribution in [0.4, 0.5) is 0 Å².